The lowest BCUT2D eigenvalue weighted by atomic mass is 10.0. The number of nitrogens with one attached hydrogen (secondary N) is 2. The maximum Gasteiger partial charge on any atom is 0.256 e. The molecule has 0 fully saturated rings. The molecule has 178 valence electrons. The average molecular weight is 491 g/mol. The van der Waals surface area contributed by atoms with Crippen LogP contribution in [0.1, 0.15) is 38.4 Å². The highest BCUT2D eigenvalue weighted by molar-refractivity contribution is 7.99. The smallest absolute Gasteiger partial charge is 0.256 e. The maximum atomic E-state index is 13.3. The summed E-state index contributed by atoms with van der Waals surface area (Å²) in [6, 6.07) is 23.9. The first-order chi connectivity index (χ1) is 17.5. The van der Waals surface area contributed by atoms with E-state index in [0.29, 0.717) is 5.56 Å². The Labute approximate surface area is 214 Å². The molecule has 0 spiro atoms. The summed E-state index contributed by atoms with van der Waals surface area (Å²) in [6.07, 6.45) is 5.68. The first-order valence-corrected chi connectivity index (χ1v) is 12.5. The highest BCUT2D eigenvalue weighted by Crippen LogP contribution is 2.33. The van der Waals surface area contributed by atoms with Crippen LogP contribution in [-0.2, 0) is 0 Å². The van der Waals surface area contributed by atoms with Crippen molar-refractivity contribution >= 4 is 46.4 Å². The third kappa shape index (κ3) is 5.09. The van der Waals surface area contributed by atoms with Gasteiger partial charge in [-0.15, -0.1) is 0 Å². The van der Waals surface area contributed by atoms with E-state index in [1.54, 1.807) is 18.0 Å². The van der Waals surface area contributed by atoms with E-state index >= 15 is 0 Å². The van der Waals surface area contributed by atoms with Crippen LogP contribution in [0.25, 0.3) is 23.1 Å². The number of rotatable bonds is 6. The van der Waals surface area contributed by atoms with Gasteiger partial charge in [-0.2, -0.15) is 5.10 Å². The second-order valence-corrected chi connectivity index (χ2v) is 9.85. The van der Waals surface area contributed by atoms with Gasteiger partial charge in [0.15, 0.2) is 0 Å². The van der Waals surface area contributed by atoms with Gasteiger partial charge in [0.2, 0.25) is 0 Å². The molecule has 0 atom stereocenters. The third-order valence-electron chi connectivity index (χ3n) is 5.94. The van der Waals surface area contributed by atoms with Crippen molar-refractivity contribution in [3.05, 3.63) is 113 Å². The monoisotopic (exact) mass is 490 g/mol. The van der Waals surface area contributed by atoms with Crippen molar-refractivity contribution in [2.24, 2.45) is 0 Å². The Morgan fingerprint density at radius 1 is 0.917 bits per heavy atom. The molecule has 0 bridgehead atoms. The van der Waals surface area contributed by atoms with E-state index in [0.717, 1.165) is 48.9 Å². The minimum absolute atomic E-state index is 0.113. The summed E-state index contributed by atoms with van der Waals surface area (Å²) in [6.45, 7) is 6.11. The van der Waals surface area contributed by atoms with Crippen molar-refractivity contribution < 1.29 is 4.79 Å². The molecule has 5 aromatic rings. The Morgan fingerprint density at radius 3 is 2.47 bits per heavy atom. The molecule has 0 aliphatic carbocycles. The molecule has 0 saturated carbocycles. The summed E-state index contributed by atoms with van der Waals surface area (Å²) < 4.78 is 0. The number of carbonyl (C=O) groups is 1. The zero-order valence-electron chi connectivity index (χ0n) is 20.4. The highest BCUT2D eigenvalue weighted by Gasteiger charge is 2.15. The van der Waals surface area contributed by atoms with Crippen molar-refractivity contribution in [2.75, 3.05) is 5.32 Å². The number of amides is 1. The molecule has 0 saturated heterocycles. The third-order valence-corrected chi connectivity index (χ3v) is 7.00. The summed E-state index contributed by atoms with van der Waals surface area (Å²) in [5.41, 5.74) is 7.49. The number of H-pyrrole nitrogens is 1. The molecule has 6 heteroatoms. The van der Waals surface area contributed by atoms with E-state index in [1.165, 1.54) is 5.56 Å². The van der Waals surface area contributed by atoms with Crippen molar-refractivity contribution in [1.82, 2.24) is 15.2 Å². The number of nitrogens with zero attached hydrogens (tertiary/aromatic N) is 2. The zero-order chi connectivity index (χ0) is 25.1. The maximum absolute atomic E-state index is 13.3. The number of anilines is 1. The quantitative estimate of drug-likeness (QED) is 0.259. The van der Waals surface area contributed by atoms with E-state index in [2.05, 4.69) is 57.8 Å². The molecule has 0 aliphatic heterocycles. The molecule has 36 heavy (non-hydrogen) atoms. The van der Waals surface area contributed by atoms with Gasteiger partial charge in [-0.1, -0.05) is 47.7 Å². The molecule has 1 amide bonds. The standard InChI is InChI=1S/C30H26N4OS/c1-19-16-20(2)29(21(3)17-19)32-30(35)25-9-4-5-10-28(25)36-23-12-13-24-26(33-34-27(24)18-23)14-11-22-8-6-7-15-31-22/h4-18H,1-3H3,(H,32,35)(H,33,34)/b14-11+. The average Bonchev–Trinajstić information content (AvgIpc) is 3.28. The van der Waals surface area contributed by atoms with Crippen LogP contribution in [-0.4, -0.2) is 21.1 Å². The van der Waals surface area contributed by atoms with Crippen LogP contribution >= 0.6 is 11.8 Å². The van der Waals surface area contributed by atoms with Crippen LogP contribution in [0.2, 0.25) is 0 Å². The van der Waals surface area contributed by atoms with E-state index < -0.39 is 0 Å². The molecule has 2 aromatic heterocycles. The minimum atomic E-state index is -0.113. The molecule has 2 N–H and O–H groups in total. The van der Waals surface area contributed by atoms with E-state index in [4.69, 9.17) is 0 Å². The lowest BCUT2D eigenvalue weighted by Gasteiger charge is -2.14. The predicted molar refractivity (Wildman–Crippen MR) is 148 cm³/mol. The van der Waals surface area contributed by atoms with Gasteiger partial charge < -0.3 is 5.32 Å². The molecule has 0 radical (unpaired) electrons. The van der Waals surface area contributed by atoms with Crippen LogP contribution < -0.4 is 5.32 Å². The summed E-state index contributed by atoms with van der Waals surface area (Å²) in [4.78, 5) is 19.5. The minimum Gasteiger partial charge on any atom is -0.321 e. The van der Waals surface area contributed by atoms with Gasteiger partial charge in [0.05, 0.1) is 22.5 Å². The van der Waals surface area contributed by atoms with Gasteiger partial charge in [0.25, 0.3) is 5.91 Å². The topological polar surface area (TPSA) is 70.7 Å². The lowest BCUT2D eigenvalue weighted by molar-refractivity contribution is 0.102. The Balaban J connectivity index is 1.38. The van der Waals surface area contributed by atoms with E-state index in [9.17, 15) is 4.79 Å². The van der Waals surface area contributed by atoms with Crippen LogP contribution in [0, 0.1) is 20.8 Å². The fourth-order valence-corrected chi connectivity index (χ4v) is 5.26. The van der Waals surface area contributed by atoms with Crippen molar-refractivity contribution in [2.45, 2.75) is 30.6 Å². The van der Waals surface area contributed by atoms with Gasteiger partial charge >= 0.3 is 0 Å². The number of fused-ring (bicyclic) bond motifs is 1. The van der Waals surface area contributed by atoms with E-state index in [-0.39, 0.29) is 5.91 Å². The fraction of sp³-hybridized carbons (Fsp3) is 0.100. The van der Waals surface area contributed by atoms with Gasteiger partial charge in [-0.05, 0) is 86.5 Å². The second-order valence-electron chi connectivity index (χ2n) is 8.73. The van der Waals surface area contributed by atoms with Crippen molar-refractivity contribution in [3.8, 4) is 0 Å². The molecule has 5 rings (SSSR count). The Hall–Kier alpha value is -4.16. The summed E-state index contributed by atoms with van der Waals surface area (Å²) in [7, 11) is 0. The Morgan fingerprint density at radius 2 is 1.69 bits per heavy atom. The first kappa shape index (κ1) is 23.6. The SMILES string of the molecule is Cc1cc(C)c(NC(=O)c2ccccc2Sc2ccc3c(/C=C/c4ccccn4)n[nH]c3c2)c(C)c1. The summed E-state index contributed by atoms with van der Waals surface area (Å²) in [5.74, 6) is -0.113. The number of aromatic amines is 1. The van der Waals surface area contributed by atoms with Gasteiger partial charge in [-0.25, -0.2) is 0 Å². The molecule has 0 unspecified atom stereocenters. The van der Waals surface area contributed by atoms with Crippen LogP contribution in [0.4, 0.5) is 5.69 Å². The normalized spacial score (nSPS) is 11.3. The first-order valence-electron chi connectivity index (χ1n) is 11.7. The molecule has 2 heterocycles. The van der Waals surface area contributed by atoms with Crippen LogP contribution in [0.5, 0.6) is 0 Å². The Bertz CT molecular complexity index is 1560. The number of aromatic nitrogens is 3. The number of hydrogen-bond acceptors (Lipinski definition) is 4. The molecule has 3 aromatic carbocycles. The van der Waals surface area contributed by atoms with Gasteiger partial charge in [-0.3, -0.25) is 14.9 Å². The molecule has 0 aliphatic rings. The predicted octanol–water partition coefficient (Wildman–Crippen LogP) is 7.46. The fourth-order valence-electron chi connectivity index (χ4n) is 4.28. The molecular weight excluding hydrogens is 464 g/mol. The lowest BCUT2D eigenvalue weighted by Crippen LogP contribution is -2.14. The van der Waals surface area contributed by atoms with Crippen molar-refractivity contribution in [1.29, 1.82) is 0 Å². The van der Waals surface area contributed by atoms with Gasteiger partial charge in [0, 0.05) is 27.1 Å². The van der Waals surface area contributed by atoms with Crippen molar-refractivity contribution in [3.63, 3.8) is 0 Å². The highest BCUT2D eigenvalue weighted by atomic mass is 32.2. The summed E-state index contributed by atoms with van der Waals surface area (Å²) >= 11 is 1.56. The largest absolute Gasteiger partial charge is 0.321 e. The molecular formula is C30H26N4OS. The Kier molecular flexibility index (Phi) is 6.69. The number of pyridine rings is 1. The zero-order valence-corrected chi connectivity index (χ0v) is 21.2. The van der Waals surface area contributed by atoms with Crippen LogP contribution in [0.15, 0.2) is 88.8 Å². The van der Waals surface area contributed by atoms with Crippen LogP contribution in [0.3, 0.4) is 0 Å². The van der Waals surface area contributed by atoms with Gasteiger partial charge in [0.1, 0.15) is 0 Å². The molecule has 5 nitrogen and oxygen atoms in total. The number of benzene rings is 3. The number of aryl methyl sites for hydroxylation is 3. The number of carbonyl (C=O) groups excluding carboxylic acids is 1. The van der Waals surface area contributed by atoms with E-state index in [1.807, 2.05) is 68.5 Å². The summed E-state index contributed by atoms with van der Waals surface area (Å²) in [5, 5.41) is 11.7. The number of hydrogen-bond donors (Lipinski definition) is 2. The second kappa shape index (κ2) is 10.2.